The molecule has 156 valence electrons. The van der Waals surface area contributed by atoms with Crippen LogP contribution < -0.4 is 17.3 Å². The van der Waals surface area contributed by atoms with E-state index >= 15 is 0 Å². The van der Waals surface area contributed by atoms with Gasteiger partial charge >= 0.3 is 0 Å². The van der Waals surface area contributed by atoms with Crippen molar-refractivity contribution in [2.24, 2.45) is 0 Å². The van der Waals surface area contributed by atoms with E-state index in [1.54, 1.807) is 6.07 Å². The Kier molecular flexibility index (Phi) is 6.65. The van der Waals surface area contributed by atoms with Crippen molar-refractivity contribution in [3.8, 4) is 0 Å². The van der Waals surface area contributed by atoms with Gasteiger partial charge in [0.15, 0.2) is 10.9 Å². The fraction of sp³-hybridized carbons (Fsp3) is 0.182. The van der Waals surface area contributed by atoms with Gasteiger partial charge in [0.2, 0.25) is 0 Å². The Morgan fingerprint density at radius 1 is 1.00 bits per heavy atom. The molecule has 0 radical (unpaired) electrons. The molecule has 3 aromatic carbocycles. The number of halogens is 3. The Bertz CT molecular complexity index is 1210. The van der Waals surface area contributed by atoms with Gasteiger partial charge in [-0.05, 0) is 43.1 Å². The summed E-state index contributed by atoms with van der Waals surface area (Å²) in [6.45, 7) is 0.981. The number of thiazole rings is 1. The van der Waals surface area contributed by atoms with Gasteiger partial charge in [-0.2, -0.15) is 0 Å². The van der Waals surface area contributed by atoms with Crippen molar-refractivity contribution in [2.45, 2.75) is 0 Å². The Morgan fingerprint density at radius 2 is 1.73 bits per heavy atom. The number of carbonyl (C=O) groups excluding carboxylic acids is 1. The van der Waals surface area contributed by atoms with E-state index in [0.717, 1.165) is 28.2 Å². The third kappa shape index (κ3) is 4.43. The van der Waals surface area contributed by atoms with Gasteiger partial charge in [0.1, 0.15) is 11.3 Å². The smallest absolute Gasteiger partial charge is 0.260 e. The highest BCUT2D eigenvalue weighted by molar-refractivity contribution is 7.22. The topological polar surface area (TPSA) is 36.4 Å². The molecule has 0 bridgehead atoms. The van der Waals surface area contributed by atoms with Crippen molar-refractivity contribution >= 4 is 43.4 Å². The van der Waals surface area contributed by atoms with Crippen LogP contribution in [0.2, 0.25) is 0 Å². The van der Waals surface area contributed by atoms with Gasteiger partial charge in [-0.25, -0.2) is 13.8 Å². The van der Waals surface area contributed by atoms with Crippen molar-refractivity contribution in [1.82, 2.24) is 9.88 Å². The second-order valence-corrected chi connectivity index (χ2v) is 8.06. The maximum Gasteiger partial charge on any atom is 0.260 e. The van der Waals surface area contributed by atoms with Gasteiger partial charge in [-0.15, -0.1) is 0 Å². The van der Waals surface area contributed by atoms with Crippen molar-refractivity contribution < 1.29 is 26.0 Å². The second kappa shape index (κ2) is 9.04. The molecule has 0 atom stereocenters. The monoisotopic (exact) mass is 446 g/mol. The number of nitrogens with zero attached hydrogens (tertiary/aromatic N) is 3. The molecule has 0 aliphatic heterocycles. The normalized spacial score (nSPS) is 11.1. The Morgan fingerprint density at radius 3 is 2.47 bits per heavy atom. The lowest BCUT2D eigenvalue weighted by molar-refractivity contribution is -0.0000147. The molecule has 0 unspecified atom stereocenters. The minimum atomic E-state index is -0.729. The lowest BCUT2D eigenvalue weighted by Crippen LogP contribution is -3.00. The van der Waals surface area contributed by atoms with E-state index in [2.05, 4.69) is 4.98 Å². The van der Waals surface area contributed by atoms with Crippen LogP contribution in [0.15, 0.2) is 54.6 Å². The van der Waals surface area contributed by atoms with E-state index in [4.69, 9.17) is 0 Å². The Hall–Kier alpha value is -2.61. The van der Waals surface area contributed by atoms with E-state index in [0.29, 0.717) is 28.5 Å². The molecule has 4 aromatic rings. The molecular formula is C22H19ClF2N3OS-. The van der Waals surface area contributed by atoms with Crippen LogP contribution in [0.3, 0.4) is 0 Å². The average molecular weight is 447 g/mol. The number of hydrogen-bond donors (Lipinski definition) is 0. The second-order valence-electron chi connectivity index (χ2n) is 7.05. The van der Waals surface area contributed by atoms with Crippen LogP contribution >= 0.6 is 11.3 Å². The number of anilines is 1. The first kappa shape index (κ1) is 22.1. The van der Waals surface area contributed by atoms with Gasteiger partial charge in [-0.1, -0.05) is 41.7 Å². The molecule has 1 aromatic heterocycles. The van der Waals surface area contributed by atoms with Crippen molar-refractivity contribution in [2.75, 3.05) is 32.1 Å². The largest absolute Gasteiger partial charge is 1.00 e. The third-order valence-electron chi connectivity index (χ3n) is 4.65. The van der Waals surface area contributed by atoms with Crippen molar-refractivity contribution in [3.05, 3.63) is 71.8 Å². The predicted octanol–water partition coefficient (Wildman–Crippen LogP) is 1.94. The molecule has 4 rings (SSSR count). The summed E-state index contributed by atoms with van der Waals surface area (Å²) in [4.78, 5) is 21.1. The first-order chi connectivity index (χ1) is 13.9. The van der Waals surface area contributed by atoms with Crippen molar-refractivity contribution in [3.63, 3.8) is 0 Å². The molecule has 8 heteroatoms. The average Bonchev–Trinajstić information content (AvgIpc) is 3.11. The zero-order valence-corrected chi connectivity index (χ0v) is 18.0. The lowest BCUT2D eigenvalue weighted by Gasteiger charge is -2.22. The van der Waals surface area contributed by atoms with E-state index in [1.165, 1.54) is 11.0 Å². The molecule has 0 saturated heterocycles. The molecule has 30 heavy (non-hydrogen) atoms. The van der Waals surface area contributed by atoms with E-state index in [-0.39, 0.29) is 23.8 Å². The van der Waals surface area contributed by atoms with Gasteiger partial charge < -0.3 is 17.3 Å². The fourth-order valence-corrected chi connectivity index (χ4v) is 4.15. The number of fused-ring (bicyclic) bond motifs is 2. The highest BCUT2D eigenvalue weighted by Gasteiger charge is 2.23. The van der Waals surface area contributed by atoms with Crippen LogP contribution in [0.4, 0.5) is 13.9 Å². The predicted molar refractivity (Wildman–Crippen MR) is 114 cm³/mol. The Balaban J connectivity index is 0.00000256. The number of aromatic nitrogens is 1. The van der Waals surface area contributed by atoms with Crippen molar-refractivity contribution in [1.29, 1.82) is 0 Å². The summed E-state index contributed by atoms with van der Waals surface area (Å²) in [6.07, 6.45) is 0. The highest BCUT2D eigenvalue weighted by Crippen LogP contribution is 2.32. The Labute approximate surface area is 183 Å². The highest BCUT2D eigenvalue weighted by atomic mass is 35.5. The first-order valence-corrected chi connectivity index (χ1v) is 9.95. The number of rotatable bonds is 5. The molecule has 0 saturated carbocycles. The minimum absolute atomic E-state index is 0. The van der Waals surface area contributed by atoms with Crippen LogP contribution in [0.25, 0.3) is 21.0 Å². The zero-order chi connectivity index (χ0) is 20.5. The number of hydrogen-bond acceptors (Lipinski definition) is 4. The maximum absolute atomic E-state index is 14.1. The van der Waals surface area contributed by atoms with E-state index < -0.39 is 11.6 Å². The summed E-state index contributed by atoms with van der Waals surface area (Å²) in [7, 11) is 3.82. The first-order valence-electron chi connectivity index (χ1n) is 9.13. The minimum Gasteiger partial charge on any atom is -1.00 e. The number of carbonyl (C=O) groups is 1. The van der Waals surface area contributed by atoms with Gasteiger partial charge in [0, 0.05) is 24.7 Å². The summed E-state index contributed by atoms with van der Waals surface area (Å²) in [6, 6.07) is 15.4. The summed E-state index contributed by atoms with van der Waals surface area (Å²) >= 11 is 1.11. The van der Waals surface area contributed by atoms with E-state index in [9.17, 15) is 13.6 Å². The van der Waals surface area contributed by atoms with Gasteiger partial charge in [0.05, 0.1) is 4.70 Å². The van der Waals surface area contributed by atoms with Crippen LogP contribution in [-0.4, -0.2) is 43.0 Å². The molecule has 0 aliphatic carbocycles. The summed E-state index contributed by atoms with van der Waals surface area (Å²) in [5.74, 6) is -1.61. The number of likely N-dealkylation sites (N-methyl/N-ethyl adjacent to an activating group) is 1. The number of amides is 1. The molecular weight excluding hydrogens is 428 g/mol. The third-order valence-corrected chi connectivity index (χ3v) is 5.67. The van der Waals surface area contributed by atoms with Crippen LogP contribution in [0, 0.1) is 11.6 Å². The SMILES string of the molecule is CN(C)CCN(C(=O)c1ccc2ccccc2c1)c1nc2c(F)cc(F)cc2s1.[Cl-]. The van der Waals surface area contributed by atoms with Crippen LogP contribution in [-0.2, 0) is 0 Å². The lowest BCUT2D eigenvalue weighted by atomic mass is 10.1. The molecule has 1 amide bonds. The fourth-order valence-electron chi connectivity index (χ4n) is 3.12. The van der Waals surface area contributed by atoms with Crippen LogP contribution in [0.5, 0.6) is 0 Å². The zero-order valence-electron chi connectivity index (χ0n) is 16.4. The number of benzene rings is 3. The van der Waals surface area contributed by atoms with Crippen LogP contribution in [0.1, 0.15) is 10.4 Å². The summed E-state index contributed by atoms with van der Waals surface area (Å²) in [5.41, 5.74) is 0.598. The maximum atomic E-state index is 14.1. The standard InChI is InChI=1S/C22H19F2N3OS.ClH/c1-26(2)9-10-27(22-25-20-18(24)12-17(23)13-19(20)29-22)21(28)16-8-7-14-5-3-4-6-15(14)11-16;/h3-8,11-13H,9-10H2,1-2H3;1H/p-1. The molecule has 0 spiro atoms. The molecule has 0 N–H and O–H groups in total. The molecule has 1 heterocycles. The molecule has 0 aliphatic rings. The van der Waals surface area contributed by atoms with Gasteiger partial charge in [0.25, 0.3) is 5.91 Å². The summed E-state index contributed by atoms with van der Waals surface area (Å²) in [5, 5.41) is 2.36. The van der Waals surface area contributed by atoms with Gasteiger partial charge in [-0.3, -0.25) is 9.69 Å². The molecule has 0 fully saturated rings. The van der Waals surface area contributed by atoms with E-state index in [1.807, 2.05) is 55.4 Å². The molecule has 4 nitrogen and oxygen atoms in total. The quantitative estimate of drug-likeness (QED) is 0.470. The summed E-state index contributed by atoms with van der Waals surface area (Å²) < 4.78 is 28.1.